The molecule has 32 heavy (non-hydrogen) atoms. The van der Waals surface area contributed by atoms with Gasteiger partial charge in [-0.15, -0.1) is 0 Å². The molecule has 0 N–H and O–H groups in total. The first-order valence-corrected chi connectivity index (χ1v) is 10.3. The Morgan fingerprint density at radius 1 is 1.06 bits per heavy atom. The molecular formula is C25H21ClN2O4. The van der Waals surface area contributed by atoms with Crippen molar-refractivity contribution in [1.29, 1.82) is 0 Å². The summed E-state index contributed by atoms with van der Waals surface area (Å²) in [6, 6.07) is 14.3. The second-order valence-electron chi connectivity index (χ2n) is 7.52. The fraction of sp³-hybridized carbons (Fsp3) is 0.160. The molecular weight excluding hydrogens is 428 g/mol. The smallest absolute Gasteiger partial charge is 0.339 e. The molecule has 0 aliphatic carbocycles. The van der Waals surface area contributed by atoms with Crippen LogP contribution in [0.4, 0.5) is 5.69 Å². The summed E-state index contributed by atoms with van der Waals surface area (Å²) in [5, 5.41) is 6.13. The lowest BCUT2D eigenvalue weighted by Gasteiger charge is -2.13. The van der Waals surface area contributed by atoms with E-state index >= 15 is 0 Å². The number of nitrogens with zero attached hydrogens (tertiary/aromatic N) is 2. The molecule has 6 nitrogen and oxygen atoms in total. The molecule has 1 amide bonds. The fourth-order valence-corrected chi connectivity index (χ4v) is 3.58. The molecule has 0 radical (unpaired) electrons. The topological polar surface area (TPSA) is 72.1 Å². The first-order valence-electron chi connectivity index (χ1n) is 9.95. The van der Waals surface area contributed by atoms with Gasteiger partial charge in [0.1, 0.15) is 11.5 Å². The summed E-state index contributed by atoms with van der Waals surface area (Å²) in [5.74, 6) is 0.280. The van der Waals surface area contributed by atoms with Crippen LogP contribution in [-0.4, -0.2) is 24.7 Å². The molecule has 0 atom stereocenters. The van der Waals surface area contributed by atoms with Crippen molar-refractivity contribution in [2.45, 2.75) is 20.8 Å². The molecule has 2 heterocycles. The van der Waals surface area contributed by atoms with Crippen LogP contribution in [0.25, 0.3) is 17.4 Å². The van der Waals surface area contributed by atoms with Gasteiger partial charge in [-0.1, -0.05) is 17.7 Å². The lowest BCUT2D eigenvalue weighted by Crippen LogP contribution is -2.21. The predicted molar refractivity (Wildman–Crippen MR) is 125 cm³/mol. The normalized spacial score (nSPS) is 14.8. The minimum absolute atomic E-state index is 0.219. The number of amides is 1. The molecule has 4 rings (SSSR count). The molecule has 0 unspecified atom stereocenters. The van der Waals surface area contributed by atoms with E-state index in [1.165, 1.54) is 12.1 Å². The Balaban J connectivity index is 1.62. The van der Waals surface area contributed by atoms with E-state index in [2.05, 4.69) is 5.10 Å². The average Bonchev–Trinajstić information content (AvgIpc) is 3.36. The number of ether oxygens (including phenoxy) is 1. The number of benzene rings is 2. The van der Waals surface area contributed by atoms with Crippen molar-refractivity contribution in [2.75, 3.05) is 12.1 Å². The van der Waals surface area contributed by atoms with Crippen LogP contribution < -0.4 is 5.01 Å². The van der Waals surface area contributed by atoms with E-state index in [0.29, 0.717) is 33.4 Å². The second-order valence-corrected chi connectivity index (χ2v) is 7.92. The number of hydrogen-bond donors (Lipinski definition) is 0. The van der Waals surface area contributed by atoms with Gasteiger partial charge in [0.15, 0.2) is 0 Å². The zero-order chi connectivity index (χ0) is 23.0. The van der Waals surface area contributed by atoms with Crippen LogP contribution in [0.1, 0.15) is 34.2 Å². The lowest BCUT2D eigenvalue weighted by molar-refractivity contribution is -0.114. The SMILES string of the molecule is COC(=O)c1cc(-c2ccc(/C=C3\C(=O)N(c4ccc(C)c(C)c4)N=C3C)o2)ccc1Cl. The minimum Gasteiger partial charge on any atom is -0.465 e. The molecule has 1 aliphatic rings. The summed E-state index contributed by atoms with van der Waals surface area (Å²) in [5.41, 5.74) is 4.93. The maximum atomic E-state index is 13.0. The zero-order valence-corrected chi connectivity index (χ0v) is 18.9. The highest BCUT2D eigenvalue weighted by molar-refractivity contribution is 6.33. The number of halogens is 1. The van der Waals surface area contributed by atoms with Gasteiger partial charge in [0, 0.05) is 5.56 Å². The maximum Gasteiger partial charge on any atom is 0.339 e. The second kappa shape index (κ2) is 8.48. The Hall–Kier alpha value is -3.64. The van der Waals surface area contributed by atoms with Crippen LogP contribution in [-0.2, 0) is 9.53 Å². The summed E-state index contributed by atoms with van der Waals surface area (Å²) < 4.78 is 10.7. The largest absolute Gasteiger partial charge is 0.465 e. The van der Waals surface area contributed by atoms with Crippen molar-refractivity contribution in [3.05, 3.63) is 81.6 Å². The minimum atomic E-state index is -0.527. The standard InChI is InChI=1S/C25H21ClN2O4/c1-14-5-7-18(11-15(14)2)28-24(29)20(16(3)27-28)13-19-8-10-23(32-19)17-6-9-22(26)21(12-17)25(30)31-4/h5-13H,1-4H3/b20-13-. The Kier molecular flexibility index (Phi) is 5.72. The van der Waals surface area contributed by atoms with Crippen LogP contribution >= 0.6 is 11.6 Å². The third-order valence-electron chi connectivity index (χ3n) is 5.37. The van der Waals surface area contributed by atoms with Crippen molar-refractivity contribution in [1.82, 2.24) is 0 Å². The van der Waals surface area contributed by atoms with Gasteiger partial charge in [-0.05, 0) is 80.4 Å². The van der Waals surface area contributed by atoms with Gasteiger partial charge in [0.05, 0.1) is 34.7 Å². The van der Waals surface area contributed by atoms with Crippen molar-refractivity contribution in [3.63, 3.8) is 0 Å². The number of hydrazone groups is 1. The monoisotopic (exact) mass is 448 g/mol. The summed E-state index contributed by atoms with van der Waals surface area (Å²) in [6.07, 6.45) is 1.67. The Bertz CT molecular complexity index is 1300. The number of rotatable bonds is 4. The highest BCUT2D eigenvalue weighted by Gasteiger charge is 2.29. The van der Waals surface area contributed by atoms with Crippen molar-refractivity contribution in [3.8, 4) is 11.3 Å². The third kappa shape index (κ3) is 3.97. The van der Waals surface area contributed by atoms with Crippen LogP contribution in [0.5, 0.6) is 0 Å². The van der Waals surface area contributed by atoms with Gasteiger partial charge in [-0.25, -0.2) is 4.79 Å². The fourth-order valence-electron chi connectivity index (χ4n) is 3.39. The highest BCUT2D eigenvalue weighted by Crippen LogP contribution is 2.30. The molecule has 2 aromatic carbocycles. The van der Waals surface area contributed by atoms with E-state index in [1.807, 2.05) is 32.0 Å². The van der Waals surface area contributed by atoms with Crippen LogP contribution in [0.2, 0.25) is 5.02 Å². The molecule has 3 aromatic rings. The number of aryl methyl sites for hydroxylation is 2. The van der Waals surface area contributed by atoms with E-state index in [1.54, 1.807) is 43.3 Å². The Labute approximate surface area is 190 Å². The molecule has 0 saturated carbocycles. The molecule has 1 aliphatic heterocycles. The maximum absolute atomic E-state index is 13.0. The number of carbonyl (C=O) groups excluding carboxylic acids is 2. The van der Waals surface area contributed by atoms with E-state index < -0.39 is 5.97 Å². The van der Waals surface area contributed by atoms with E-state index in [4.69, 9.17) is 20.8 Å². The molecule has 162 valence electrons. The predicted octanol–water partition coefficient (Wildman–Crippen LogP) is 5.81. The van der Waals surface area contributed by atoms with Gasteiger partial charge >= 0.3 is 5.97 Å². The number of furan rings is 1. The van der Waals surface area contributed by atoms with Gasteiger partial charge in [-0.2, -0.15) is 10.1 Å². The molecule has 0 fully saturated rings. The first-order chi connectivity index (χ1) is 15.3. The number of esters is 1. The quantitative estimate of drug-likeness (QED) is 0.373. The number of carbonyl (C=O) groups is 2. The first kappa shape index (κ1) is 21.6. The van der Waals surface area contributed by atoms with E-state index in [-0.39, 0.29) is 11.5 Å². The van der Waals surface area contributed by atoms with Crippen LogP contribution in [0, 0.1) is 13.8 Å². The van der Waals surface area contributed by atoms with Crippen molar-refractivity contribution < 1.29 is 18.7 Å². The molecule has 1 aromatic heterocycles. The Morgan fingerprint density at radius 3 is 2.56 bits per heavy atom. The molecule has 0 saturated heterocycles. The number of anilines is 1. The highest BCUT2D eigenvalue weighted by atomic mass is 35.5. The summed E-state index contributed by atoms with van der Waals surface area (Å²) in [7, 11) is 1.30. The van der Waals surface area contributed by atoms with Gasteiger partial charge < -0.3 is 9.15 Å². The molecule has 0 spiro atoms. The average molecular weight is 449 g/mol. The summed E-state index contributed by atoms with van der Waals surface area (Å²) in [6.45, 7) is 5.81. The van der Waals surface area contributed by atoms with Gasteiger partial charge in [-0.3, -0.25) is 4.79 Å². The van der Waals surface area contributed by atoms with E-state index in [9.17, 15) is 9.59 Å². The van der Waals surface area contributed by atoms with Crippen molar-refractivity contribution in [2.24, 2.45) is 5.10 Å². The van der Waals surface area contributed by atoms with Gasteiger partial charge in [0.25, 0.3) is 5.91 Å². The number of hydrogen-bond acceptors (Lipinski definition) is 5. The van der Waals surface area contributed by atoms with Crippen LogP contribution in [0.3, 0.4) is 0 Å². The lowest BCUT2D eigenvalue weighted by atomic mass is 10.1. The third-order valence-corrected chi connectivity index (χ3v) is 5.70. The van der Waals surface area contributed by atoms with E-state index in [0.717, 1.165) is 16.8 Å². The van der Waals surface area contributed by atoms with Crippen molar-refractivity contribution >= 4 is 41.0 Å². The summed E-state index contributed by atoms with van der Waals surface area (Å²) in [4.78, 5) is 24.9. The summed E-state index contributed by atoms with van der Waals surface area (Å²) >= 11 is 6.09. The number of methoxy groups -OCH3 is 1. The Morgan fingerprint density at radius 2 is 1.84 bits per heavy atom. The van der Waals surface area contributed by atoms with Gasteiger partial charge in [0.2, 0.25) is 0 Å². The zero-order valence-electron chi connectivity index (χ0n) is 18.1. The molecule has 7 heteroatoms. The van der Waals surface area contributed by atoms with Crippen LogP contribution in [0.15, 0.2) is 63.6 Å². The molecule has 0 bridgehead atoms.